The largest absolute Gasteiger partial charge is 0.496 e. The Kier molecular flexibility index (Phi) is 11.5. The van der Waals surface area contributed by atoms with Gasteiger partial charge in [-0.2, -0.15) is 0 Å². The number of nitrogens with zero attached hydrogens (tertiary/aromatic N) is 2. The highest BCUT2D eigenvalue weighted by molar-refractivity contribution is 5.85. The molecule has 0 atom stereocenters. The van der Waals surface area contributed by atoms with Gasteiger partial charge in [0.05, 0.1) is 14.2 Å². The summed E-state index contributed by atoms with van der Waals surface area (Å²) >= 11 is 0. The van der Waals surface area contributed by atoms with E-state index in [4.69, 9.17) is 9.47 Å². The third-order valence-corrected chi connectivity index (χ3v) is 10.0. The summed E-state index contributed by atoms with van der Waals surface area (Å²) in [5, 5.41) is 0. The molecule has 0 bridgehead atoms. The first kappa shape index (κ1) is 37.5. The Balaban J connectivity index is 1.28. The van der Waals surface area contributed by atoms with Gasteiger partial charge >= 0.3 is 0 Å². The van der Waals surface area contributed by atoms with Gasteiger partial charge < -0.3 is 19.3 Å². The minimum absolute atomic E-state index is 0.855. The highest BCUT2D eigenvalue weighted by atomic mass is 16.5. The Morgan fingerprint density at radius 3 is 1.18 bits per heavy atom. The minimum Gasteiger partial charge on any atom is -0.496 e. The summed E-state index contributed by atoms with van der Waals surface area (Å²) in [4.78, 5) is 4.72. The van der Waals surface area contributed by atoms with Crippen LogP contribution in [-0.4, -0.2) is 14.2 Å². The first-order valence-electron chi connectivity index (χ1n) is 19.0. The molecule has 0 radical (unpaired) electrons. The molecule has 0 spiro atoms. The number of hydrogen-bond acceptors (Lipinski definition) is 4. The standard InChI is InChI=1S/C52H48N2O2/c1-37-18-32-49(39(3)34-37)53(45-28-22-41(23-29-45)20-26-43-12-7-9-16-51(43)55-5)47-14-11-15-48(36-47)54(50-33-19-38(2)35-40(50)4)46-30-24-42(25-31-46)21-27-44-13-8-10-17-52(44)56-6/h7-36H,1-6H3/b26-20+,27-21+. The van der Waals surface area contributed by atoms with Crippen molar-refractivity contribution >= 4 is 58.4 Å². The van der Waals surface area contributed by atoms with E-state index >= 15 is 0 Å². The lowest BCUT2D eigenvalue weighted by molar-refractivity contribution is 0.414. The van der Waals surface area contributed by atoms with Crippen LogP contribution in [0.25, 0.3) is 24.3 Å². The van der Waals surface area contributed by atoms with Crippen LogP contribution in [0, 0.1) is 27.7 Å². The van der Waals surface area contributed by atoms with Crippen LogP contribution in [0.2, 0.25) is 0 Å². The molecule has 0 fully saturated rings. The number of para-hydroxylation sites is 2. The van der Waals surface area contributed by atoms with Gasteiger partial charge in [0.1, 0.15) is 11.5 Å². The maximum absolute atomic E-state index is 5.57. The molecule has 278 valence electrons. The van der Waals surface area contributed by atoms with Crippen molar-refractivity contribution < 1.29 is 9.47 Å². The van der Waals surface area contributed by atoms with Crippen molar-refractivity contribution in [2.24, 2.45) is 0 Å². The summed E-state index contributed by atoms with van der Waals surface area (Å²) in [6.07, 6.45) is 8.46. The molecular formula is C52H48N2O2. The topological polar surface area (TPSA) is 24.9 Å². The van der Waals surface area contributed by atoms with Crippen molar-refractivity contribution in [2.45, 2.75) is 27.7 Å². The number of methoxy groups -OCH3 is 2. The van der Waals surface area contributed by atoms with Gasteiger partial charge in [-0.25, -0.2) is 0 Å². The van der Waals surface area contributed by atoms with E-state index in [1.807, 2.05) is 36.4 Å². The highest BCUT2D eigenvalue weighted by Gasteiger charge is 2.19. The van der Waals surface area contributed by atoms with Crippen molar-refractivity contribution in [2.75, 3.05) is 24.0 Å². The number of benzene rings is 7. The Bertz CT molecular complexity index is 2320. The zero-order valence-corrected chi connectivity index (χ0v) is 33.0. The maximum Gasteiger partial charge on any atom is 0.126 e. The van der Waals surface area contributed by atoms with Crippen LogP contribution in [0.1, 0.15) is 44.5 Å². The second-order valence-electron chi connectivity index (χ2n) is 14.1. The van der Waals surface area contributed by atoms with E-state index in [2.05, 4.69) is 183 Å². The molecule has 56 heavy (non-hydrogen) atoms. The molecule has 0 saturated carbocycles. The van der Waals surface area contributed by atoms with E-state index in [1.54, 1.807) is 14.2 Å². The van der Waals surface area contributed by atoms with Crippen LogP contribution < -0.4 is 19.3 Å². The van der Waals surface area contributed by atoms with Gasteiger partial charge in [-0.15, -0.1) is 0 Å². The molecule has 4 nitrogen and oxygen atoms in total. The van der Waals surface area contributed by atoms with Gasteiger partial charge in [0, 0.05) is 45.3 Å². The number of hydrogen-bond donors (Lipinski definition) is 0. The van der Waals surface area contributed by atoms with Crippen LogP contribution in [0.4, 0.5) is 34.1 Å². The number of ether oxygens (including phenoxy) is 2. The molecule has 0 saturated heterocycles. The smallest absolute Gasteiger partial charge is 0.126 e. The summed E-state index contributed by atoms with van der Waals surface area (Å²) in [6, 6.07) is 55.8. The molecule has 4 heteroatoms. The molecule has 0 amide bonds. The van der Waals surface area contributed by atoms with E-state index in [0.717, 1.165) is 67.9 Å². The monoisotopic (exact) mass is 732 g/mol. The van der Waals surface area contributed by atoms with Crippen LogP contribution in [-0.2, 0) is 0 Å². The zero-order chi connectivity index (χ0) is 39.0. The average molecular weight is 733 g/mol. The molecule has 0 aliphatic heterocycles. The molecular weight excluding hydrogens is 685 g/mol. The number of anilines is 6. The van der Waals surface area contributed by atoms with Gasteiger partial charge in [0.25, 0.3) is 0 Å². The molecule has 7 aromatic rings. The zero-order valence-electron chi connectivity index (χ0n) is 33.0. The number of rotatable bonds is 12. The van der Waals surface area contributed by atoms with Crippen LogP contribution in [0.5, 0.6) is 11.5 Å². The van der Waals surface area contributed by atoms with Gasteiger partial charge in [0.15, 0.2) is 0 Å². The summed E-state index contributed by atoms with van der Waals surface area (Å²) < 4.78 is 11.1. The molecule has 0 aromatic heterocycles. The second-order valence-corrected chi connectivity index (χ2v) is 14.1. The molecule has 7 aromatic carbocycles. The normalized spacial score (nSPS) is 11.2. The van der Waals surface area contributed by atoms with Gasteiger partial charge in [-0.05, 0) is 117 Å². The minimum atomic E-state index is 0.855. The summed E-state index contributed by atoms with van der Waals surface area (Å²) in [5.41, 5.74) is 15.7. The Morgan fingerprint density at radius 1 is 0.375 bits per heavy atom. The van der Waals surface area contributed by atoms with Crippen LogP contribution in [0.15, 0.2) is 158 Å². The summed E-state index contributed by atoms with van der Waals surface area (Å²) in [5.74, 6) is 1.71. The van der Waals surface area contributed by atoms with Crippen molar-refractivity contribution in [1.29, 1.82) is 0 Å². The van der Waals surface area contributed by atoms with Crippen LogP contribution >= 0.6 is 0 Å². The van der Waals surface area contributed by atoms with E-state index < -0.39 is 0 Å². The molecule has 0 unspecified atom stereocenters. The van der Waals surface area contributed by atoms with Crippen molar-refractivity contribution in [3.8, 4) is 11.5 Å². The van der Waals surface area contributed by atoms with Crippen molar-refractivity contribution in [3.63, 3.8) is 0 Å². The molecule has 7 rings (SSSR count). The van der Waals surface area contributed by atoms with Crippen molar-refractivity contribution in [3.05, 3.63) is 202 Å². The second kappa shape index (κ2) is 17.1. The molecule has 0 N–H and O–H groups in total. The Labute approximate surface area is 332 Å². The predicted octanol–water partition coefficient (Wildman–Crippen LogP) is 14.2. The molecule has 0 aliphatic rings. The van der Waals surface area contributed by atoms with E-state index in [-0.39, 0.29) is 0 Å². The van der Waals surface area contributed by atoms with E-state index in [9.17, 15) is 0 Å². The summed E-state index contributed by atoms with van der Waals surface area (Å²) in [7, 11) is 3.41. The Hall–Kier alpha value is -6.78. The Morgan fingerprint density at radius 2 is 0.786 bits per heavy atom. The third kappa shape index (κ3) is 8.46. The van der Waals surface area contributed by atoms with E-state index in [1.165, 1.54) is 22.3 Å². The molecule has 0 heterocycles. The highest BCUT2D eigenvalue weighted by Crippen LogP contribution is 2.42. The molecule has 0 aliphatic carbocycles. The number of aryl methyl sites for hydroxylation is 4. The first-order valence-corrected chi connectivity index (χ1v) is 19.0. The summed E-state index contributed by atoms with van der Waals surface area (Å²) in [6.45, 7) is 8.67. The van der Waals surface area contributed by atoms with Crippen molar-refractivity contribution in [1.82, 2.24) is 0 Å². The maximum atomic E-state index is 5.57. The third-order valence-electron chi connectivity index (χ3n) is 10.0. The fraction of sp³-hybridized carbons (Fsp3) is 0.115. The van der Waals surface area contributed by atoms with E-state index in [0.29, 0.717) is 0 Å². The fourth-order valence-electron chi connectivity index (χ4n) is 7.19. The predicted molar refractivity (Wildman–Crippen MR) is 239 cm³/mol. The lowest BCUT2D eigenvalue weighted by Gasteiger charge is -2.31. The van der Waals surface area contributed by atoms with Gasteiger partial charge in [0.2, 0.25) is 0 Å². The lowest BCUT2D eigenvalue weighted by Crippen LogP contribution is -2.14. The first-order chi connectivity index (χ1) is 27.3. The van der Waals surface area contributed by atoms with Gasteiger partial charge in [-0.3, -0.25) is 0 Å². The fourth-order valence-corrected chi connectivity index (χ4v) is 7.19. The SMILES string of the molecule is COc1ccccc1/C=C/c1ccc(N(c2cccc(N(c3ccc(/C=C/c4ccccc4OC)cc3)c3ccc(C)cc3C)c2)c2ccc(C)cc2C)cc1. The lowest BCUT2D eigenvalue weighted by atomic mass is 10.0. The quantitative estimate of drug-likeness (QED) is 0.117. The van der Waals surface area contributed by atoms with Crippen LogP contribution in [0.3, 0.4) is 0 Å². The average Bonchev–Trinajstić information content (AvgIpc) is 3.22. The van der Waals surface area contributed by atoms with Gasteiger partial charge in [-0.1, -0.05) is 126 Å².